The van der Waals surface area contributed by atoms with Crippen LogP contribution in [0, 0.1) is 0 Å². The standard InChI is InChI=1S/C15H19N5/c1-19(2)15-17-9-7-14(18-15)20-10-4-6-13(20)12-5-3-8-16-11-12/h3,5,7-9,11,13H,4,6,10H2,1-2H3. The summed E-state index contributed by atoms with van der Waals surface area (Å²) in [5.41, 5.74) is 1.26. The van der Waals surface area contributed by atoms with Gasteiger partial charge in [-0.25, -0.2) is 4.98 Å². The van der Waals surface area contributed by atoms with E-state index >= 15 is 0 Å². The minimum absolute atomic E-state index is 0.369. The topological polar surface area (TPSA) is 45.2 Å². The van der Waals surface area contributed by atoms with E-state index in [0.717, 1.165) is 24.7 Å². The van der Waals surface area contributed by atoms with Crippen LogP contribution in [0.1, 0.15) is 24.4 Å². The molecule has 2 aromatic rings. The first-order valence-corrected chi connectivity index (χ1v) is 6.92. The Morgan fingerprint density at radius 1 is 1.25 bits per heavy atom. The van der Waals surface area contributed by atoms with Crippen LogP contribution >= 0.6 is 0 Å². The molecule has 3 heterocycles. The van der Waals surface area contributed by atoms with Crippen molar-refractivity contribution >= 4 is 11.8 Å². The summed E-state index contributed by atoms with van der Waals surface area (Å²) in [5, 5.41) is 0. The van der Waals surface area contributed by atoms with Crippen LogP contribution in [-0.4, -0.2) is 35.6 Å². The summed E-state index contributed by atoms with van der Waals surface area (Å²) in [7, 11) is 3.92. The summed E-state index contributed by atoms with van der Waals surface area (Å²) >= 11 is 0. The highest BCUT2D eigenvalue weighted by Gasteiger charge is 2.27. The molecule has 20 heavy (non-hydrogen) atoms. The van der Waals surface area contributed by atoms with Crippen molar-refractivity contribution in [1.29, 1.82) is 0 Å². The van der Waals surface area contributed by atoms with E-state index < -0.39 is 0 Å². The lowest BCUT2D eigenvalue weighted by Crippen LogP contribution is -2.24. The van der Waals surface area contributed by atoms with Crippen molar-refractivity contribution in [2.24, 2.45) is 0 Å². The summed E-state index contributed by atoms with van der Waals surface area (Å²) in [6.07, 6.45) is 7.93. The summed E-state index contributed by atoms with van der Waals surface area (Å²) in [4.78, 5) is 17.5. The minimum Gasteiger partial charge on any atom is -0.349 e. The predicted octanol–water partition coefficient (Wildman–Crippen LogP) is 2.28. The van der Waals surface area contributed by atoms with Crippen LogP contribution in [0.4, 0.5) is 11.8 Å². The monoisotopic (exact) mass is 269 g/mol. The van der Waals surface area contributed by atoms with Crippen LogP contribution in [-0.2, 0) is 0 Å². The lowest BCUT2D eigenvalue weighted by molar-refractivity contribution is 0.706. The summed E-state index contributed by atoms with van der Waals surface area (Å²) < 4.78 is 0. The van der Waals surface area contributed by atoms with Crippen molar-refractivity contribution < 1.29 is 0 Å². The van der Waals surface area contributed by atoms with E-state index in [2.05, 4.69) is 25.9 Å². The molecule has 0 aromatic carbocycles. The van der Waals surface area contributed by atoms with E-state index in [1.165, 1.54) is 12.0 Å². The Labute approximate surface area is 119 Å². The van der Waals surface area contributed by atoms with E-state index in [0.29, 0.717) is 6.04 Å². The zero-order valence-corrected chi connectivity index (χ0v) is 11.9. The Balaban J connectivity index is 1.91. The third-order valence-electron chi connectivity index (χ3n) is 3.64. The highest BCUT2D eigenvalue weighted by Crippen LogP contribution is 2.34. The first-order chi connectivity index (χ1) is 9.75. The van der Waals surface area contributed by atoms with Gasteiger partial charge in [0.15, 0.2) is 0 Å². The van der Waals surface area contributed by atoms with Gasteiger partial charge in [-0.1, -0.05) is 6.07 Å². The third kappa shape index (κ3) is 2.43. The molecule has 0 saturated carbocycles. The zero-order chi connectivity index (χ0) is 13.9. The average Bonchev–Trinajstić information content (AvgIpc) is 2.98. The summed E-state index contributed by atoms with van der Waals surface area (Å²) in [6, 6.07) is 6.50. The molecule has 0 aliphatic carbocycles. The Bertz CT molecular complexity index is 569. The number of aromatic nitrogens is 3. The number of anilines is 2. The molecular weight excluding hydrogens is 250 g/mol. The van der Waals surface area contributed by atoms with Gasteiger partial charge in [-0.2, -0.15) is 4.98 Å². The van der Waals surface area contributed by atoms with E-state index in [-0.39, 0.29) is 0 Å². The lowest BCUT2D eigenvalue weighted by atomic mass is 10.1. The Kier molecular flexibility index (Phi) is 3.50. The van der Waals surface area contributed by atoms with Gasteiger partial charge < -0.3 is 9.80 Å². The van der Waals surface area contributed by atoms with Crippen molar-refractivity contribution in [3.63, 3.8) is 0 Å². The normalized spacial score (nSPS) is 18.3. The molecule has 0 amide bonds. The molecule has 1 fully saturated rings. The molecule has 1 unspecified atom stereocenters. The van der Waals surface area contributed by atoms with Gasteiger partial charge >= 0.3 is 0 Å². The Hall–Kier alpha value is -2.17. The lowest BCUT2D eigenvalue weighted by Gasteiger charge is -2.26. The number of hydrogen-bond donors (Lipinski definition) is 0. The molecule has 1 aliphatic heterocycles. The predicted molar refractivity (Wildman–Crippen MR) is 79.9 cm³/mol. The maximum atomic E-state index is 4.65. The van der Waals surface area contributed by atoms with Crippen molar-refractivity contribution in [3.05, 3.63) is 42.4 Å². The number of pyridine rings is 1. The molecule has 0 N–H and O–H groups in total. The molecule has 1 aliphatic rings. The Morgan fingerprint density at radius 3 is 2.90 bits per heavy atom. The van der Waals surface area contributed by atoms with E-state index in [9.17, 15) is 0 Å². The maximum Gasteiger partial charge on any atom is 0.226 e. The fraction of sp³-hybridized carbons (Fsp3) is 0.400. The van der Waals surface area contributed by atoms with Crippen molar-refractivity contribution in [2.45, 2.75) is 18.9 Å². The summed E-state index contributed by atoms with van der Waals surface area (Å²) in [6.45, 7) is 1.03. The van der Waals surface area contributed by atoms with Gasteiger partial charge in [0.1, 0.15) is 5.82 Å². The van der Waals surface area contributed by atoms with Crippen LogP contribution in [0.2, 0.25) is 0 Å². The van der Waals surface area contributed by atoms with Gasteiger partial charge in [0.25, 0.3) is 0 Å². The van der Waals surface area contributed by atoms with Gasteiger partial charge in [-0.15, -0.1) is 0 Å². The Morgan fingerprint density at radius 2 is 2.15 bits per heavy atom. The number of nitrogens with zero attached hydrogens (tertiary/aromatic N) is 5. The average molecular weight is 269 g/mol. The van der Waals surface area contributed by atoms with E-state index in [1.54, 1.807) is 0 Å². The van der Waals surface area contributed by atoms with E-state index in [4.69, 9.17) is 0 Å². The minimum atomic E-state index is 0.369. The van der Waals surface area contributed by atoms with Crippen LogP contribution < -0.4 is 9.80 Å². The van der Waals surface area contributed by atoms with Crippen molar-refractivity contribution in [3.8, 4) is 0 Å². The van der Waals surface area contributed by atoms with Gasteiger partial charge in [-0.05, 0) is 30.5 Å². The second kappa shape index (κ2) is 5.45. The van der Waals surface area contributed by atoms with Gasteiger partial charge in [0.05, 0.1) is 6.04 Å². The van der Waals surface area contributed by atoms with Gasteiger partial charge in [0.2, 0.25) is 5.95 Å². The molecule has 104 valence electrons. The van der Waals surface area contributed by atoms with E-state index in [1.807, 2.05) is 49.7 Å². The number of hydrogen-bond acceptors (Lipinski definition) is 5. The van der Waals surface area contributed by atoms with Gasteiger partial charge in [0, 0.05) is 39.2 Å². The molecule has 1 atom stereocenters. The quantitative estimate of drug-likeness (QED) is 0.855. The van der Waals surface area contributed by atoms with Crippen LogP contribution in [0.3, 0.4) is 0 Å². The SMILES string of the molecule is CN(C)c1nccc(N2CCCC2c2cccnc2)n1. The number of rotatable bonds is 3. The second-order valence-electron chi connectivity index (χ2n) is 5.25. The summed E-state index contributed by atoms with van der Waals surface area (Å²) in [5.74, 6) is 1.74. The molecule has 3 rings (SSSR count). The van der Waals surface area contributed by atoms with Gasteiger partial charge in [-0.3, -0.25) is 4.98 Å². The molecule has 0 bridgehead atoms. The molecule has 2 aromatic heterocycles. The third-order valence-corrected chi connectivity index (χ3v) is 3.64. The van der Waals surface area contributed by atoms with Crippen LogP contribution in [0.15, 0.2) is 36.8 Å². The molecular formula is C15H19N5. The molecule has 5 nitrogen and oxygen atoms in total. The second-order valence-corrected chi connectivity index (χ2v) is 5.25. The fourth-order valence-electron chi connectivity index (χ4n) is 2.68. The zero-order valence-electron chi connectivity index (χ0n) is 11.9. The molecule has 5 heteroatoms. The van der Waals surface area contributed by atoms with Crippen molar-refractivity contribution in [2.75, 3.05) is 30.4 Å². The molecule has 0 radical (unpaired) electrons. The fourth-order valence-corrected chi connectivity index (χ4v) is 2.68. The molecule has 1 saturated heterocycles. The van der Waals surface area contributed by atoms with Crippen molar-refractivity contribution in [1.82, 2.24) is 15.0 Å². The molecule has 0 spiro atoms. The van der Waals surface area contributed by atoms with Crippen LogP contribution in [0.25, 0.3) is 0 Å². The maximum absolute atomic E-state index is 4.65. The first-order valence-electron chi connectivity index (χ1n) is 6.92. The highest BCUT2D eigenvalue weighted by atomic mass is 15.3. The van der Waals surface area contributed by atoms with Crippen LogP contribution in [0.5, 0.6) is 0 Å². The smallest absolute Gasteiger partial charge is 0.226 e. The highest BCUT2D eigenvalue weighted by molar-refractivity contribution is 5.46. The first kappa shape index (κ1) is 12.8. The largest absolute Gasteiger partial charge is 0.349 e.